The molecule has 0 bridgehead atoms. The van der Waals surface area contributed by atoms with Crippen LogP contribution in [0.1, 0.15) is 12.8 Å². The predicted octanol–water partition coefficient (Wildman–Crippen LogP) is 0.875. The van der Waals surface area contributed by atoms with Crippen LogP contribution < -0.4 is 9.88 Å². The molecule has 1 fully saturated rings. The lowest BCUT2D eigenvalue weighted by Gasteiger charge is -2.06. The molecule has 0 aliphatic heterocycles. The van der Waals surface area contributed by atoms with Gasteiger partial charge in [-0.2, -0.15) is 0 Å². The van der Waals surface area contributed by atoms with Crippen molar-refractivity contribution in [2.45, 2.75) is 23.8 Å². The van der Waals surface area contributed by atoms with Gasteiger partial charge in [0.2, 0.25) is 10.0 Å². The Labute approximate surface area is 101 Å². The van der Waals surface area contributed by atoms with Crippen molar-refractivity contribution >= 4 is 32.6 Å². The SMILES string of the molecule is NS(=O)(=O)c1cc(OC2CC2)cnc1I. The summed E-state index contributed by atoms with van der Waals surface area (Å²) in [5.41, 5.74) is 0. The van der Waals surface area contributed by atoms with Gasteiger partial charge >= 0.3 is 0 Å². The maximum Gasteiger partial charge on any atom is 0.240 e. The molecule has 0 radical (unpaired) electrons. The lowest BCUT2D eigenvalue weighted by Crippen LogP contribution is -2.14. The van der Waals surface area contributed by atoms with E-state index in [1.54, 1.807) is 0 Å². The summed E-state index contributed by atoms with van der Waals surface area (Å²) in [6.45, 7) is 0. The van der Waals surface area contributed by atoms with Crippen LogP contribution in [-0.4, -0.2) is 19.5 Å². The average molecular weight is 340 g/mol. The van der Waals surface area contributed by atoms with E-state index in [2.05, 4.69) is 4.98 Å². The quantitative estimate of drug-likeness (QED) is 0.654. The number of halogens is 1. The van der Waals surface area contributed by atoms with Crippen LogP contribution in [0.2, 0.25) is 0 Å². The predicted molar refractivity (Wildman–Crippen MR) is 62.0 cm³/mol. The largest absolute Gasteiger partial charge is 0.489 e. The van der Waals surface area contributed by atoms with Gasteiger partial charge in [-0.1, -0.05) is 0 Å². The third-order valence-corrected chi connectivity index (χ3v) is 4.07. The number of sulfonamides is 1. The molecule has 2 N–H and O–H groups in total. The van der Waals surface area contributed by atoms with E-state index in [1.165, 1.54) is 12.3 Å². The van der Waals surface area contributed by atoms with E-state index in [9.17, 15) is 8.42 Å². The number of nitrogens with zero attached hydrogens (tertiary/aromatic N) is 1. The molecule has 1 aromatic heterocycles. The van der Waals surface area contributed by atoms with E-state index in [4.69, 9.17) is 9.88 Å². The van der Waals surface area contributed by atoms with Gasteiger partial charge in [-0.25, -0.2) is 18.5 Å². The Morgan fingerprint density at radius 2 is 2.20 bits per heavy atom. The van der Waals surface area contributed by atoms with E-state index in [0.717, 1.165) is 12.8 Å². The number of rotatable bonds is 3. The van der Waals surface area contributed by atoms with Crippen LogP contribution in [0.15, 0.2) is 17.2 Å². The second-order valence-electron chi connectivity index (χ2n) is 3.32. The molecule has 1 heterocycles. The molecule has 5 nitrogen and oxygen atoms in total. The van der Waals surface area contributed by atoms with Gasteiger partial charge in [-0.05, 0) is 35.4 Å². The average Bonchev–Trinajstić information content (AvgIpc) is 2.90. The van der Waals surface area contributed by atoms with E-state index < -0.39 is 10.0 Å². The van der Waals surface area contributed by atoms with Gasteiger partial charge < -0.3 is 4.74 Å². The summed E-state index contributed by atoms with van der Waals surface area (Å²) >= 11 is 1.83. The van der Waals surface area contributed by atoms with Crippen LogP contribution in [0.4, 0.5) is 0 Å². The zero-order valence-corrected chi connectivity index (χ0v) is 10.7. The molecule has 1 aliphatic carbocycles. The highest BCUT2D eigenvalue weighted by atomic mass is 127. The molecule has 82 valence electrons. The molecule has 1 aliphatic rings. The third-order valence-electron chi connectivity index (χ3n) is 1.92. The standard InChI is InChI=1S/C8H9IN2O3S/c9-8-7(15(10,12)13)3-6(4-11-8)14-5-1-2-5/h3-5H,1-2H2,(H2,10,12,13). The first kappa shape index (κ1) is 11.1. The molecule has 1 saturated carbocycles. The lowest BCUT2D eigenvalue weighted by molar-refractivity contribution is 0.301. The maximum absolute atomic E-state index is 11.2. The number of primary sulfonamides is 1. The molecule has 7 heteroatoms. The highest BCUT2D eigenvalue weighted by molar-refractivity contribution is 14.1. The van der Waals surface area contributed by atoms with Gasteiger partial charge in [0.25, 0.3) is 0 Å². The summed E-state index contributed by atoms with van der Waals surface area (Å²) in [6, 6.07) is 1.42. The van der Waals surface area contributed by atoms with Crippen LogP contribution in [0.3, 0.4) is 0 Å². The lowest BCUT2D eigenvalue weighted by atomic mass is 10.4. The van der Waals surface area contributed by atoms with Gasteiger partial charge in [0, 0.05) is 6.07 Å². The first-order chi connectivity index (χ1) is 6.97. The Kier molecular flexibility index (Phi) is 2.86. The van der Waals surface area contributed by atoms with Gasteiger partial charge in [0.05, 0.1) is 12.3 Å². The Morgan fingerprint density at radius 3 is 2.73 bits per heavy atom. The van der Waals surface area contributed by atoms with Crippen molar-refractivity contribution in [1.82, 2.24) is 4.98 Å². The minimum absolute atomic E-state index is 0.0150. The van der Waals surface area contributed by atoms with Crippen LogP contribution in [0.25, 0.3) is 0 Å². The molecule has 0 amide bonds. The summed E-state index contributed by atoms with van der Waals surface area (Å²) in [4.78, 5) is 3.94. The van der Waals surface area contributed by atoms with E-state index in [-0.39, 0.29) is 11.0 Å². The molecule has 15 heavy (non-hydrogen) atoms. The van der Waals surface area contributed by atoms with Gasteiger partial charge in [0.15, 0.2) is 0 Å². The van der Waals surface area contributed by atoms with Gasteiger partial charge in [0.1, 0.15) is 14.3 Å². The van der Waals surface area contributed by atoms with Crippen molar-refractivity contribution in [3.63, 3.8) is 0 Å². The third kappa shape index (κ3) is 2.79. The van der Waals surface area contributed by atoms with E-state index in [0.29, 0.717) is 9.45 Å². The van der Waals surface area contributed by atoms with Crippen molar-refractivity contribution in [3.05, 3.63) is 16.0 Å². The molecule has 0 spiro atoms. The summed E-state index contributed by atoms with van der Waals surface area (Å²) in [7, 11) is -3.72. The minimum Gasteiger partial charge on any atom is -0.489 e. The maximum atomic E-state index is 11.2. The highest BCUT2D eigenvalue weighted by Gasteiger charge is 2.24. The fraction of sp³-hybridized carbons (Fsp3) is 0.375. The first-order valence-electron chi connectivity index (χ1n) is 4.32. The monoisotopic (exact) mass is 340 g/mol. The summed E-state index contributed by atoms with van der Waals surface area (Å²) < 4.78 is 28.2. The topological polar surface area (TPSA) is 82.3 Å². The number of pyridine rings is 1. The minimum atomic E-state index is -3.72. The molecule has 2 rings (SSSR count). The summed E-state index contributed by atoms with van der Waals surface area (Å²) in [5.74, 6) is 0.460. The van der Waals surface area contributed by atoms with Crippen molar-refractivity contribution in [2.24, 2.45) is 5.14 Å². The smallest absolute Gasteiger partial charge is 0.240 e. The van der Waals surface area contributed by atoms with Gasteiger partial charge in [-0.15, -0.1) is 0 Å². The molecule has 0 saturated heterocycles. The van der Waals surface area contributed by atoms with Crippen LogP contribution >= 0.6 is 22.6 Å². The fourth-order valence-corrected chi connectivity index (χ4v) is 2.84. The number of nitrogens with two attached hydrogens (primary N) is 1. The van der Waals surface area contributed by atoms with Crippen LogP contribution in [-0.2, 0) is 10.0 Å². The fourth-order valence-electron chi connectivity index (χ4n) is 1.05. The van der Waals surface area contributed by atoms with E-state index >= 15 is 0 Å². The molecular weight excluding hydrogens is 331 g/mol. The molecule has 0 atom stereocenters. The molecule has 0 unspecified atom stereocenters. The normalized spacial score (nSPS) is 16.4. The Bertz CT molecular complexity index is 485. The number of hydrogen-bond acceptors (Lipinski definition) is 4. The summed E-state index contributed by atoms with van der Waals surface area (Å²) in [5, 5.41) is 5.04. The number of hydrogen-bond donors (Lipinski definition) is 1. The van der Waals surface area contributed by atoms with Crippen LogP contribution in [0.5, 0.6) is 5.75 Å². The molecule has 0 aromatic carbocycles. The van der Waals surface area contributed by atoms with Crippen molar-refractivity contribution < 1.29 is 13.2 Å². The Hall–Kier alpha value is -0.410. The second kappa shape index (κ2) is 3.87. The highest BCUT2D eigenvalue weighted by Crippen LogP contribution is 2.28. The first-order valence-corrected chi connectivity index (χ1v) is 6.94. The van der Waals surface area contributed by atoms with Gasteiger partial charge in [-0.3, -0.25) is 0 Å². The van der Waals surface area contributed by atoms with Crippen molar-refractivity contribution in [3.8, 4) is 5.75 Å². The Morgan fingerprint density at radius 1 is 1.53 bits per heavy atom. The number of aromatic nitrogens is 1. The molecule has 1 aromatic rings. The van der Waals surface area contributed by atoms with E-state index in [1.807, 2.05) is 22.6 Å². The zero-order chi connectivity index (χ0) is 11.1. The van der Waals surface area contributed by atoms with Crippen molar-refractivity contribution in [2.75, 3.05) is 0 Å². The Balaban J connectivity index is 2.35. The summed E-state index contributed by atoms with van der Waals surface area (Å²) in [6.07, 6.45) is 3.74. The number of ether oxygens (including phenoxy) is 1. The zero-order valence-electron chi connectivity index (χ0n) is 7.68. The second-order valence-corrected chi connectivity index (χ2v) is 5.87. The molecular formula is C8H9IN2O3S. The van der Waals surface area contributed by atoms with Crippen LogP contribution in [0, 0.1) is 3.70 Å². The van der Waals surface area contributed by atoms with Crippen molar-refractivity contribution in [1.29, 1.82) is 0 Å².